The van der Waals surface area contributed by atoms with Gasteiger partial charge in [0.05, 0.1) is 4.92 Å². The van der Waals surface area contributed by atoms with Crippen molar-refractivity contribution in [3.63, 3.8) is 0 Å². The predicted octanol–water partition coefficient (Wildman–Crippen LogP) is 8.88. The number of hydrogen-bond acceptors (Lipinski definition) is 3. The first kappa shape index (κ1) is 26.5. The molecule has 0 unspecified atom stereocenters. The summed E-state index contributed by atoms with van der Waals surface area (Å²) < 4.78 is 0. The van der Waals surface area contributed by atoms with Crippen molar-refractivity contribution < 1.29 is 10.0 Å². The van der Waals surface area contributed by atoms with Gasteiger partial charge in [-0.15, -0.1) is 0 Å². The summed E-state index contributed by atoms with van der Waals surface area (Å²) in [6.45, 7) is 2.28. The predicted molar refractivity (Wildman–Crippen MR) is 127 cm³/mol. The Hall–Kier alpha value is -1.58. The van der Waals surface area contributed by atoms with Gasteiger partial charge in [-0.2, -0.15) is 0 Å². The number of aromatic hydroxyl groups is 1. The third-order valence-corrected chi connectivity index (χ3v) is 6.06. The fourth-order valence-corrected chi connectivity index (χ4v) is 4.10. The molecule has 1 aromatic carbocycles. The minimum atomic E-state index is -0.519. The van der Waals surface area contributed by atoms with Gasteiger partial charge in [0.2, 0.25) is 0 Å². The zero-order valence-corrected chi connectivity index (χ0v) is 19.4. The first-order chi connectivity index (χ1) is 14.6. The standard InChI is InChI=1S/C26H45NO3/c1-2-3-4-5-6-7-8-9-10-11-12-13-14-15-16-17-18-19-20-24-21-22-26(28)25(23-24)27(29)30/h21-23,28H,2-20H2,1H3. The van der Waals surface area contributed by atoms with E-state index in [4.69, 9.17) is 0 Å². The second-order valence-electron chi connectivity index (χ2n) is 8.84. The molecule has 0 heterocycles. The van der Waals surface area contributed by atoms with Crippen LogP contribution in [0.4, 0.5) is 5.69 Å². The summed E-state index contributed by atoms with van der Waals surface area (Å²) in [5.74, 6) is -0.249. The van der Waals surface area contributed by atoms with Gasteiger partial charge in [0.15, 0.2) is 5.75 Å². The van der Waals surface area contributed by atoms with Crippen LogP contribution in [0.5, 0.6) is 5.75 Å². The Morgan fingerprint density at radius 3 is 1.50 bits per heavy atom. The van der Waals surface area contributed by atoms with Crippen molar-refractivity contribution in [2.45, 2.75) is 129 Å². The number of phenols is 1. The van der Waals surface area contributed by atoms with Gasteiger partial charge in [0, 0.05) is 6.07 Å². The first-order valence-electron chi connectivity index (χ1n) is 12.6. The van der Waals surface area contributed by atoms with Crippen molar-refractivity contribution >= 4 is 5.69 Å². The Labute approximate surface area is 184 Å². The molecule has 0 radical (unpaired) electrons. The summed E-state index contributed by atoms with van der Waals surface area (Å²) in [5.41, 5.74) is 0.755. The number of benzene rings is 1. The molecule has 1 rings (SSSR count). The summed E-state index contributed by atoms with van der Waals surface area (Å²) in [7, 11) is 0. The normalized spacial score (nSPS) is 11.1. The third kappa shape index (κ3) is 13.6. The SMILES string of the molecule is CCCCCCCCCCCCCCCCCCCCc1ccc(O)c([N+](=O)[O-])c1. The van der Waals surface area contributed by atoms with Gasteiger partial charge in [-0.1, -0.05) is 122 Å². The minimum absolute atomic E-state index is 0.185. The minimum Gasteiger partial charge on any atom is -0.502 e. The van der Waals surface area contributed by atoms with E-state index in [1.54, 1.807) is 6.07 Å². The highest BCUT2D eigenvalue weighted by Crippen LogP contribution is 2.27. The molecule has 0 aliphatic heterocycles. The molecular formula is C26H45NO3. The second-order valence-corrected chi connectivity index (χ2v) is 8.84. The van der Waals surface area contributed by atoms with Gasteiger partial charge in [-0.3, -0.25) is 10.1 Å². The number of nitro benzene ring substituents is 1. The van der Waals surface area contributed by atoms with Crippen molar-refractivity contribution in [2.75, 3.05) is 0 Å². The highest BCUT2D eigenvalue weighted by molar-refractivity contribution is 5.47. The Kier molecular flexibility index (Phi) is 16.1. The molecule has 0 bridgehead atoms. The average molecular weight is 420 g/mol. The Balaban J connectivity index is 1.84. The quantitative estimate of drug-likeness (QED) is 0.130. The van der Waals surface area contributed by atoms with Crippen molar-refractivity contribution in [3.8, 4) is 5.75 Å². The molecule has 0 aliphatic carbocycles. The van der Waals surface area contributed by atoms with E-state index in [1.165, 1.54) is 121 Å². The maximum Gasteiger partial charge on any atom is 0.310 e. The summed E-state index contributed by atoms with van der Waals surface area (Å²) in [5, 5.41) is 20.4. The van der Waals surface area contributed by atoms with Crippen molar-refractivity contribution in [1.29, 1.82) is 0 Å². The lowest BCUT2D eigenvalue weighted by atomic mass is 10.0. The van der Waals surface area contributed by atoms with E-state index in [2.05, 4.69) is 6.92 Å². The van der Waals surface area contributed by atoms with Crippen molar-refractivity contribution in [2.24, 2.45) is 0 Å². The number of aryl methyl sites for hydroxylation is 1. The lowest BCUT2D eigenvalue weighted by molar-refractivity contribution is -0.385. The fourth-order valence-electron chi connectivity index (χ4n) is 4.10. The highest BCUT2D eigenvalue weighted by Gasteiger charge is 2.13. The van der Waals surface area contributed by atoms with Crippen LogP contribution in [-0.4, -0.2) is 10.0 Å². The molecule has 172 valence electrons. The molecule has 0 aromatic heterocycles. The maximum absolute atomic E-state index is 10.9. The molecule has 0 spiro atoms. The van der Waals surface area contributed by atoms with Gasteiger partial charge in [-0.25, -0.2) is 0 Å². The second kappa shape index (κ2) is 18.2. The van der Waals surface area contributed by atoms with Crippen molar-refractivity contribution in [1.82, 2.24) is 0 Å². The van der Waals surface area contributed by atoms with E-state index < -0.39 is 4.92 Å². The zero-order chi connectivity index (χ0) is 21.9. The molecule has 0 atom stereocenters. The van der Waals surface area contributed by atoms with Gasteiger partial charge >= 0.3 is 5.69 Å². The summed E-state index contributed by atoms with van der Waals surface area (Å²) in [6, 6.07) is 4.72. The molecule has 4 nitrogen and oxygen atoms in total. The molecule has 0 aliphatic rings. The van der Waals surface area contributed by atoms with Crippen LogP contribution in [0, 0.1) is 10.1 Å². The monoisotopic (exact) mass is 419 g/mol. The molecule has 0 saturated carbocycles. The molecule has 0 amide bonds. The third-order valence-electron chi connectivity index (χ3n) is 6.06. The Bertz CT molecular complexity index is 559. The number of phenolic OH excluding ortho intramolecular Hbond substituents is 1. The number of rotatable bonds is 20. The smallest absolute Gasteiger partial charge is 0.310 e. The lowest BCUT2D eigenvalue weighted by Gasteiger charge is -2.04. The van der Waals surface area contributed by atoms with Crippen LogP contribution < -0.4 is 0 Å². The number of nitrogens with zero attached hydrogens (tertiary/aromatic N) is 1. The Morgan fingerprint density at radius 2 is 1.10 bits per heavy atom. The molecule has 1 aromatic rings. The topological polar surface area (TPSA) is 63.4 Å². The molecule has 30 heavy (non-hydrogen) atoms. The van der Waals surface area contributed by atoms with Crippen LogP contribution in [0.3, 0.4) is 0 Å². The fraction of sp³-hybridized carbons (Fsp3) is 0.769. The highest BCUT2D eigenvalue weighted by atomic mass is 16.6. The van der Waals surface area contributed by atoms with E-state index in [1.807, 2.05) is 0 Å². The van der Waals surface area contributed by atoms with Crippen LogP contribution in [0.15, 0.2) is 18.2 Å². The number of unbranched alkanes of at least 4 members (excludes halogenated alkanes) is 17. The van der Waals surface area contributed by atoms with Crippen LogP contribution >= 0.6 is 0 Å². The van der Waals surface area contributed by atoms with E-state index >= 15 is 0 Å². The van der Waals surface area contributed by atoms with E-state index in [9.17, 15) is 15.2 Å². The maximum atomic E-state index is 10.9. The largest absolute Gasteiger partial charge is 0.502 e. The van der Waals surface area contributed by atoms with E-state index in [0.717, 1.165) is 18.4 Å². The molecule has 4 heteroatoms. The summed E-state index contributed by atoms with van der Waals surface area (Å²) in [6.07, 6.45) is 25.3. The first-order valence-corrected chi connectivity index (χ1v) is 12.6. The van der Waals surface area contributed by atoms with Gasteiger partial charge in [-0.05, 0) is 24.5 Å². The van der Waals surface area contributed by atoms with Gasteiger partial charge in [0.25, 0.3) is 0 Å². The van der Waals surface area contributed by atoms with Crippen LogP contribution in [-0.2, 0) is 6.42 Å². The molecule has 0 saturated heterocycles. The van der Waals surface area contributed by atoms with E-state index in [0.29, 0.717) is 0 Å². The van der Waals surface area contributed by atoms with Crippen LogP contribution in [0.2, 0.25) is 0 Å². The summed E-state index contributed by atoms with van der Waals surface area (Å²) in [4.78, 5) is 10.3. The molecule has 1 N–H and O–H groups in total. The lowest BCUT2D eigenvalue weighted by Crippen LogP contribution is -1.92. The van der Waals surface area contributed by atoms with Gasteiger partial charge < -0.3 is 5.11 Å². The number of nitro groups is 1. The van der Waals surface area contributed by atoms with Gasteiger partial charge in [0.1, 0.15) is 0 Å². The average Bonchev–Trinajstić information content (AvgIpc) is 2.73. The zero-order valence-electron chi connectivity index (χ0n) is 19.4. The van der Waals surface area contributed by atoms with Crippen LogP contribution in [0.25, 0.3) is 0 Å². The van der Waals surface area contributed by atoms with Crippen LogP contribution in [0.1, 0.15) is 128 Å². The summed E-state index contributed by atoms with van der Waals surface area (Å²) >= 11 is 0. The Morgan fingerprint density at radius 1 is 0.700 bits per heavy atom. The van der Waals surface area contributed by atoms with Crippen molar-refractivity contribution in [3.05, 3.63) is 33.9 Å². The number of hydrogen-bond donors (Lipinski definition) is 1. The molecular weight excluding hydrogens is 374 g/mol. The molecule has 0 fully saturated rings. The van der Waals surface area contributed by atoms with E-state index in [-0.39, 0.29) is 11.4 Å².